The number of halogens is 4. The molecule has 65 heavy (non-hydrogen) atoms. The summed E-state index contributed by atoms with van der Waals surface area (Å²) in [7, 11) is 1.62. The van der Waals surface area contributed by atoms with E-state index < -0.39 is 5.24 Å². The first-order chi connectivity index (χ1) is 30.7. The molecule has 0 radical (unpaired) electrons. The van der Waals surface area contributed by atoms with Gasteiger partial charge in [0.25, 0.3) is 11.1 Å². The number of methoxy groups -OCH3 is 1. The van der Waals surface area contributed by atoms with Crippen molar-refractivity contribution in [1.29, 1.82) is 0 Å². The van der Waals surface area contributed by atoms with Crippen LogP contribution in [0.15, 0.2) is 132 Å². The van der Waals surface area contributed by atoms with Gasteiger partial charge >= 0.3 is 0 Å². The van der Waals surface area contributed by atoms with Gasteiger partial charge in [0.15, 0.2) is 0 Å². The fourth-order valence-electron chi connectivity index (χ4n) is 6.48. The zero-order chi connectivity index (χ0) is 46.0. The number of hydrazine groups is 4. The average Bonchev–Trinajstić information content (AvgIpc) is 3.99. The van der Waals surface area contributed by atoms with E-state index in [1.807, 2.05) is 97.1 Å². The molecule has 8 N–H and O–H groups in total. The Morgan fingerprint density at radius 2 is 1.25 bits per heavy atom. The number of ether oxygens (including phenoxy) is 1. The second-order valence-corrected chi connectivity index (χ2v) is 16.0. The number of carbonyl (C=O) groups is 4. The van der Waals surface area contributed by atoms with E-state index >= 15 is 0 Å². The van der Waals surface area contributed by atoms with Crippen LogP contribution in [0.25, 0.3) is 22.3 Å². The number of carbonyl (C=O) groups excluding carboxylic acids is 4. The molecule has 5 aromatic carbocycles. The number of ketones is 2. The van der Waals surface area contributed by atoms with Crippen LogP contribution >= 0.6 is 47.2 Å². The zero-order valence-electron chi connectivity index (χ0n) is 35.7. The third-order valence-electron chi connectivity index (χ3n) is 9.45. The van der Waals surface area contributed by atoms with Gasteiger partial charge in [-0.15, -0.1) is 33.3 Å². The summed E-state index contributed by atoms with van der Waals surface area (Å²) in [6, 6.07) is 38.8. The van der Waals surface area contributed by atoms with Crippen LogP contribution < -0.4 is 43.2 Å². The molecule has 0 bridgehead atoms. The predicted octanol–water partition coefficient (Wildman–Crippen LogP) is 6.82. The van der Waals surface area contributed by atoms with Crippen LogP contribution in [-0.4, -0.2) is 58.7 Å². The number of amidine groups is 2. The molecule has 7 rings (SSSR count). The first kappa shape index (κ1) is 51.6. The van der Waals surface area contributed by atoms with Crippen molar-refractivity contribution in [2.24, 2.45) is 15.9 Å². The number of hydrazone groups is 2. The molecule has 0 saturated carbocycles. The first-order valence-electron chi connectivity index (χ1n) is 20.0. The predicted molar refractivity (Wildman–Crippen MR) is 259 cm³/mol. The Bertz CT molecular complexity index is 2440. The van der Waals surface area contributed by atoms with Gasteiger partial charge in [-0.05, 0) is 114 Å². The molecule has 2 aliphatic rings. The van der Waals surface area contributed by atoms with Crippen LogP contribution in [0.1, 0.15) is 43.4 Å². The lowest BCUT2D eigenvalue weighted by Gasteiger charge is -2.17. The number of benzene rings is 5. The first-order valence-corrected chi connectivity index (χ1v) is 21.2. The Balaban J connectivity index is 0.000000218. The van der Waals surface area contributed by atoms with Crippen molar-refractivity contribution in [3.63, 3.8) is 0 Å². The summed E-state index contributed by atoms with van der Waals surface area (Å²) in [6.07, 6.45) is 1.93. The van der Waals surface area contributed by atoms with Crippen molar-refractivity contribution in [2.75, 3.05) is 7.11 Å². The smallest absolute Gasteiger partial charge is 0.290 e. The van der Waals surface area contributed by atoms with Crippen LogP contribution in [0.3, 0.4) is 0 Å². The standard InChI is InChI=1S/C19H20ClN5O2.C17H18ClNO.C10H11ClN4O2.ClH/c1-12(26)9-17(21-19(27)18-22-24-25-23-18)10-13-5-7-14(8-6-13)15-3-2-4-16(20)11-15;1-12(20)9-17(19)10-13-5-7-14(8-6-13)15-3-2-4-16(18)11-15;1-17-8-4-2-7(3-5-8)6-15-13-10(9(11)16)12-14-15;/h2-8,11,17,24-25H,9-10H2,1H3,(H,21,27)(H,22,23);2-8,11,17H,9-10,19H2,1H3;2-5,14H,6H2,1H3,(H,12,13);1H/t2*17-;;/m00../s1. The highest BCUT2D eigenvalue weighted by Crippen LogP contribution is 2.25. The highest BCUT2D eigenvalue weighted by molar-refractivity contribution is 6.81. The summed E-state index contributed by atoms with van der Waals surface area (Å²) in [5, 5.41) is 12.7. The lowest BCUT2D eigenvalue weighted by Crippen LogP contribution is -2.47. The SMILES string of the molecule is CC(=O)C[C@@H](Cc1ccc(-c2cccc(Cl)c2)cc1)NC(=O)C1=NNNN1.CC(=O)C[C@H](N)Cc1ccc(-c2cccc(Cl)c2)cc1.COc1ccc(CN2NN=C(C(=O)Cl)N2)cc1.Cl. The van der Waals surface area contributed by atoms with E-state index in [-0.39, 0.29) is 60.1 Å². The van der Waals surface area contributed by atoms with Crippen LogP contribution in [0.2, 0.25) is 10.0 Å². The fraction of sp³-hybridized carbons (Fsp3) is 0.217. The van der Waals surface area contributed by atoms with Gasteiger partial charge in [-0.1, -0.05) is 108 Å². The van der Waals surface area contributed by atoms with Gasteiger partial charge in [0.2, 0.25) is 11.7 Å². The molecular weight excluding hydrogens is 914 g/mol. The molecule has 15 nitrogen and oxygen atoms in total. The Labute approximate surface area is 398 Å². The van der Waals surface area contributed by atoms with E-state index in [0.717, 1.165) is 56.1 Å². The lowest BCUT2D eigenvalue weighted by atomic mass is 9.98. The number of rotatable bonds is 16. The minimum Gasteiger partial charge on any atom is -0.497 e. The molecule has 1 amide bonds. The van der Waals surface area contributed by atoms with E-state index in [1.165, 1.54) is 6.92 Å². The molecule has 342 valence electrons. The minimum absolute atomic E-state index is 0. The molecule has 2 atom stereocenters. The van der Waals surface area contributed by atoms with Gasteiger partial charge in [-0.3, -0.25) is 30.0 Å². The van der Waals surface area contributed by atoms with Crippen LogP contribution in [-0.2, 0) is 38.6 Å². The van der Waals surface area contributed by atoms with Gasteiger partial charge in [-0.25, -0.2) is 11.1 Å². The molecule has 0 spiro atoms. The van der Waals surface area contributed by atoms with Gasteiger partial charge in [0.1, 0.15) is 17.3 Å². The summed E-state index contributed by atoms with van der Waals surface area (Å²) in [5.74, 6) is 0.764. The van der Waals surface area contributed by atoms with Crippen molar-refractivity contribution >= 4 is 81.6 Å². The second-order valence-electron chi connectivity index (χ2n) is 14.8. The van der Waals surface area contributed by atoms with E-state index in [4.69, 9.17) is 45.3 Å². The maximum Gasteiger partial charge on any atom is 0.290 e. The Morgan fingerprint density at radius 3 is 1.71 bits per heavy atom. The summed E-state index contributed by atoms with van der Waals surface area (Å²) in [6.45, 7) is 3.61. The van der Waals surface area contributed by atoms with Crippen LogP contribution in [0.5, 0.6) is 5.75 Å². The number of nitrogens with zero attached hydrogens (tertiary/aromatic N) is 3. The third kappa shape index (κ3) is 17.5. The van der Waals surface area contributed by atoms with Crippen LogP contribution in [0.4, 0.5) is 0 Å². The maximum absolute atomic E-state index is 12.2. The normalized spacial score (nSPS) is 13.4. The molecule has 2 heterocycles. The maximum atomic E-state index is 12.2. The molecule has 0 unspecified atom stereocenters. The summed E-state index contributed by atoms with van der Waals surface area (Å²) in [5.41, 5.74) is 26.3. The number of nitrogens with one attached hydrogen (secondary N) is 6. The summed E-state index contributed by atoms with van der Waals surface area (Å²) in [4.78, 5) is 45.6. The van der Waals surface area contributed by atoms with Gasteiger partial charge < -0.3 is 15.8 Å². The molecule has 2 aliphatic heterocycles. The number of nitrogens with two attached hydrogens (primary N) is 1. The topological polar surface area (TPSA) is 204 Å². The largest absolute Gasteiger partial charge is 0.497 e. The second kappa shape index (κ2) is 26.1. The molecule has 0 saturated heterocycles. The monoisotopic (exact) mass is 962 g/mol. The van der Waals surface area contributed by atoms with E-state index in [0.29, 0.717) is 24.4 Å². The third-order valence-corrected chi connectivity index (χ3v) is 10.1. The molecular formula is C46H50Cl4N10O5. The van der Waals surface area contributed by atoms with E-state index in [2.05, 4.69) is 67.2 Å². The molecule has 5 aromatic rings. The Hall–Kier alpha value is -6.04. The number of hydrogen-bond donors (Lipinski definition) is 7. The van der Waals surface area contributed by atoms with Gasteiger partial charge in [-0.2, -0.15) is 0 Å². The van der Waals surface area contributed by atoms with Crippen molar-refractivity contribution in [2.45, 2.75) is 58.2 Å². The molecule has 19 heteroatoms. The van der Waals surface area contributed by atoms with Crippen LogP contribution in [0, 0.1) is 0 Å². The van der Waals surface area contributed by atoms with Crippen molar-refractivity contribution in [1.82, 2.24) is 37.9 Å². The quantitative estimate of drug-likeness (QED) is 0.0510. The Kier molecular flexibility index (Phi) is 20.7. The van der Waals surface area contributed by atoms with Crippen molar-refractivity contribution in [3.8, 4) is 28.0 Å². The summed E-state index contributed by atoms with van der Waals surface area (Å²) < 4.78 is 5.06. The van der Waals surface area contributed by atoms with Gasteiger partial charge in [0, 0.05) is 35.0 Å². The van der Waals surface area contributed by atoms with Crippen molar-refractivity contribution in [3.05, 3.63) is 148 Å². The summed E-state index contributed by atoms with van der Waals surface area (Å²) >= 11 is 17.3. The zero-order valence-corrected chi connectivity index (χ0v) is 38.8. The van der Waals surface area contributed by atoms with Gasteiger partial charge in [0.05, 0.1) is 13.7 Å². The van der Waals surface area contributed by atoms with Crippen molar-refractivity contribution < 1.29 is 23.9 Å². The number of hydrogen-bond acceptors (Lipinski definition) is 14. The average molecular weight is 965 g/mol. The molecule has 0 fully saturated rings. The minimum atomic E-state index is -0.630. The Morgan fingerprint density at radius 1 is 0.708 bits per heavy atom. The van der Waals surface area contributed by atoms with E-state index in [1.54, 1.807) is 19.2 Å². The van der Waals surface area contributed by atoms with E-state index in [9.17, 15) is 19.2 Å². The number of Topliss-reactive ketones (excluding diaryl/α,β-unsaturated/α-hetero) is 2. The highest BCUT2D eigenvalue weighted by Gasteiger charge is 2.21. The number of amides is 1. The fourth-order valence-corrected chi connectivity index (χ4v) is 6.94. The highest BCUT2D eigenvalue weighted by atomic mass is 35.5. The lowest BCUT2D eigenvalue weighted by molar-refractivity contribution is -0.119. The molecule has 0 aliphatic carbocycles. The molecule has 0 aromatic heterocycles.